The summed E-state index contributed by atoms with van der Waals surface area (Å²) in [7, 11) is -0.848. The maximum Gasteiger partial charge on any atom is 0.373 e. The minimum absolute atomic E-state index is 0. The molecule has 1 heterocycles. The van der Waals surface area contributed by atoms with Crippen LogP contribution in [0.25, 0.3) is 0 Å². The lowest BCUT2D eigenvalue weighted by Gasteiger charge is -1.76. The molecular formula is C3H4AlOP+. The molecule has 0 aromatic carbocycles. The Hall–Kier alpha value is 0.372. The molecule has 0 N–H and O–H groups in total. The van der Waals surface area contributed by atoms with Crippen LogP contribution in [0, 0.1) is 0 Å². The first kappa shape index (κ1) is 6.37. The highest BCUT2D eigenvalue weighted by molar-refractivity contribution is 7.50. The van der Waals surface area contributed by atoms with Crippen LogP contribution < -0.4 is 0 Å². The molecule has 1 nitrogen and oxygen atoms in total. The van der Waals surface area contributed by atoms with Gasteiger partial charge in [-0.25, -0.2) is 0 Å². The molecule has 29 valence electrons. The van der Waals surface area contributed by atoms with E-state index in [9.17, 15) is 4.57 Å². The quantitative estimate of drug-likeness (QED) is 0.338. The van der Waals surface area contributed by atoms with Gasteiger partial charge in [0.2, 0.25) is 0 Å². The Morgan fingerprint density at radius 2 is 2.00 bits per heavy atom. The SMILES string of the molecule is O=[P+]1C=CC1.[Al]. The Morgan fingerprint density at radius 3 is 2.00 bits per heavy atom. The van der Waals surface area contributed by atoms with E-state index in [1.54, 1.807) is 5.82 Å². The fraction of sp³-hybridized carbons (Fsp3) is 0.333. The lowest BCUT2D eigenvalue weighted by molar-refractivity contribution is 0.592. The summed E-state index contributed by atoms with van der Waals surface area (Å²) in [6, 6.07) is 0. The summed E-state index contributed by atoms with van der Waals surface area (Å²) < 4.78 is 9.96. The van der Waals surface area contributed by atoms with Crippen LogP contribution >= 0.6 is 7.80 Å². The number of hydrogen-bond donors (Lipinski definition) is 0. The molecule has 6 heavy (non-hydrogen) atoms. The summed E-state index contributed by atoms with van der Waals surface area (Å²) in [5.41, 5.74) is 0. The van der Waals surface area contributed by atoms with Crippen molar-refractivity contribution in [2.75, 3.05) is 6.16 Å². The second kappa shape index (κ2) is 2.53. The Labute approximate surface area is 48.4 Å². The molecule has 0 saturated heterocycles. The third kappa shape index (κ3) is 1.22. The van der Waals surface area contributed by atoms with Gasteiger partial charge in [0.25, 0.3) is 0 Å². The Bertz CT molecular complexity index is 88.8. The molecule has 3 radical (unpaired) electrons. The smallest absolute Gasteiger partial charge is 0.0684 e. The van der Waals surface area contributed by atoms with E-state index in [0.29, 0.717) is 0 Å². The van der Waals surface area contributed by atoms with Crippen molar-refractivity contribution in [1.29, 1.82) is 0 Å². The summed E-state index contributed by atoms with van der Waals surface area (Å²) in [6.07, 6.45) is 2.73. The predicted molar refractivity (Wildman–Crippen MR) is 27.4 cm³/mol. The van der Waals surface area contributed by atoms with Crippen LogP contribution in [-0.2, 0) is 4.57 Å². The van der Waals surface area contributed by atoms with Gasteiger partial charge in [-0.05, 0) is 0 Å². The van der Waals surface area contributed by atoms with Gasteiger partial charge in [0.1, 0.15) is 0 Å². The lowest BCUT2D eigenvalue weighted by Crippen LogP contribution is -1.73. The van der Waals surface area contributed by atoms with E-state index in [0.717, 1.165) is 6.16 Å². The normalized spacial score (nSPS) is 21.7. The fourth-order valence-corrected chi connectivity index (χ4v) is 0.574. The minimum Gasteiger partial charge on any atom is -0.0684 e. The molecule has 1 aliphatic heterocycles. The first-order valence-electron chi connectivity index (χ1n) is 1.50. The van der Waals surface area contributed by atoms with Crippen LogP contribution in [0.3, 0.4) is 0 Å². The Balaban J connectivity index is 0.000000250. The number of rotatable bonds is 0. The highest BCUT2D eigenvalue weighted by Crippen LogP contribution is 2.29. The van der Waals surface area contributed by atoms with E-state index in [1.165, 1.54) is 0 Å². The highest BCUT2D eigenvalue weighted by atomic mass is 31.1. The van der Waals surface area contributed by atoms with Crippen molar-refractivity contribution in [3.05, 3.63) is 11.9 Å². The summed E-state index contributed by atoms with van der Waals surface area (Å²) >= 11 is 0. The molecule has 1 aliphatic rings. The van der Waals surface area contributed by atoms with Crippen molar-refractivity contribution >= 4 is 25.2 Å². The van der Waals surface area contributed by atoms with Crippen LogP contribution in [0.5, 0.6) is 0 Å². The van der Waals surface area contributed by atoms with Crippen molar-refractivity contribution in [2.24, 2.45) is 0 Å². The molecule has 0 spiro atoms. The van der Waals surface area contributed by atoms with Gasteiger partial charge in [-0.3, -0.25) is 0 Å². The van der Waals surface area contributed by atoms with Gasteiger partial charge in [-0.15, -0.1) is 0 Å². The monoisotopic (exact) mass is 114 g/mol. The zero-order valence-corrected chi connectivity index (χ0v) is 5.34. The van der Waals surface area contributed by atoms with Crippen LogP contribution in [0.4, 0.5) is 0 Å². The fourth-order valence-electron chi connectivity index (χ4n) is 0.191. The second-order valence-electron chi connectivity index (χ2n) is 0.984. The first-order chi connectivity index (χ1) is 2.39. The standard InChI is InChI=1S/C3H4OP.Al/c4-5-2-1-3-5;/h1-2H,3H2;/q+1;. The van der Waals surface area contributed by atoms with E-state index < -0.39 is 7.80 Å². The third-order valence-corrected chi connectivity index (χ3v) is 1.67. The van der Waals surface area contributed by atoms with Gasteiger partial charge in [0.05, 0.1) is 0 Å². The molecule has 0 amide bonds. The molecule has 0 aromatic rings. The van der Waals surface area contributed by atoms with Gasteiger partial charge in [-0.2, -0.15) is 0 Å². The van der Waals surface area contributed by atoms with Gasteiger partial charge < -0.3 is 0 Å². The highest BCUT2D eigenvalue weighted by Gasteiger charge is 2.15. The van der Waals surface area contributed by atoms with E-state index in [4.69, 9.17) is 0 Å². The summed E-state index contributed by atoms with van der Waals surface area (Å²) in [5, 5.41) is 0. The van der Waals surface area contributed by atoms with E-state index in [-0.39, 0.29) is 17.4 Å². The topological polar surface area (TPSA) is 17.1 Å². The maximum atomic E-state index is 9.96. The van der Waals surface area contributed by atoms with Crippen LogP contribution in [0.15, 0.2) is 11.9 Å². The van der Waals surface area contributed by atoms with Crippen LogP contribution in [0.1, 0.15) is 0 Å². The van der Waals surface area contributed by atoms with E-state index >= 15 is 0 Å². The van der Waals surface area contributed by atoms with Crippen molar-refractivity contribution in [2.45, 2.75) is 0 Å². The maximum absolute atomic E-state index is 9.96. The minimum atomic E-state index is -0.848. The van der Waals surface area contributed by atoms with Gasteiger partial charge in [-0.1, -0.05) is 4.57 Å². The average Bonchev–Trinajstić information content (AvgIpc) is 1.30. The average molecular weight is 114 g/mol. The molecule has 0 aromatic heterocycles. The summed E-state index contributed by atoms with van der Waals surface area (Å²) in [6.45, 7) is 0. The van der Waals surface area contributed by atoms with Crippen molar-refractivity contribution < 1.29 is 4.57 Å². The number of allylic oxidation sites excluding steroid dienone is 1. The van der Waals surface area contributed by atoms with Crippen LogP contribution in [-0.4, -0.2) is 23.5 Å². The predicted octanol–water partition coefficient (Wildman–Crippen LogP) is 0.960. The molecule has 1 rings (SSSR count). The van der Waals surface area contributed by atoms with Gasteiger partial charge in [0, 0.05) is 23.4 Å². The van der Waals surface area contributed by atoms with Gasteiger partial charge >= 0.3 is 7.80 Å². The molecule has 1 unspecified atom stereocenters. The van der Waals surface area contributed by atoms with Gasteiger partial charge in [0.15, 0.2) is 12.0 Å². The Kier molecular flexibility index (Phi) is 2.69. The second-order valence-corrected chi connectivity index (χ2v) is 2.48. The van der Waals surface area contributed by atoms with Crippen molar-refractivity contribution in [3.63, 3.8) is 0 Å². The zero-order chi connectivity index (χ0) is 3.70. The summed E-state index contributed by atoms with van der Waals surface area (Å²) in [4.78, 5) is 0. The molecule has 0 fully saturated rings. The largest absolute Gasteiger partial charge is 0.373 e. The molecule has 0 saturated carbocycles. The number of hydrogen-bond acceptors (Lipinski definition) is 1. The zero-order valence-electron chi connectivity index (χ0n) is 3.29. The van der Waals surface area contributed by atoms with Crippen molar-refractivity contribution in [3.8, 4) is 0 Å². The Morgan fingerprint density at radius 1 is 1.67 bits per heavy atom. The third-order valence-electron chi connectivity index (χ3n) is 0.557. The molecule has 0 bridgehead atoms. The lowest BCUT2D eigenvalue weighted by atomic mass is 10.7. The van der Waals surface area contributed by atoms with Crippen LogP contribution in [0.2, 0.25) is 0 Å². The summed E-state index contributed by atoms with van der Waals surface area (Å²) in [5.74, 6) is 1.73. The molecule has 1 atom stereocenters. The van der Waals surface area contributed by atoms with E-state index in [1.807, 2.05) is 6.08 Å². The molecule has 0 aliphatic carbocycles. The first-order valence-corrected chi connectivity index (χ1v) is 3.01. The van der Waals surface area contributed by atoms with E-state index in [2.05, 4.69) is 0 Å². The molecular weight excluding hydrogens is 110 g/mol. The van der Waals surface area contributed by atoms with Crippen molar-refractivity contribution in [1.82, 2.24) is 0 Å². The molecule has 3 heteroatoms.